The molecule has 0 radical (unpaired) electrons. The molecule has 0 bridgehead atoms. The summed E-state index contributed by atoms with van der Waals surface area (Å²) in [4.78, 5) is 2.55. The lowest BCUT2D eigenvalue weighted by Gasteiger charge is -2.45. The zero-order valence-corrected chi connectivity index (χ0v) is 9.67. The second-order valence-corrected chi connectivity index (χ2v) is 5.06. The summed E-state index contributed by atoms with van der Waals surface area (Å²) in [7, 11) is 0. The van der Waals surface area contributed by atoms with Gasteiger partial charge in [-0.15, -0.1) is 0 Å². The highest BCUT2D eigenvalue weighted by molar-refractivity contribution is 4.95. The molecule has 3 nitrogen and oxygen atoms in total. The molecule has 2 aliphatic rings. The molecule has 2 fully saturated rings. The third-order valence-electron chi connectivity index (χ3n) is 4.02. The first-order valence-corrected chi connectivity index (χ1v) is 6.44. The molecule has 0 aromatic rings. The first kappa shape index (κ1) is 11.4. The Bertz CT molecular complexity index is 182. The van der Waals surface area contributed by atoms with Gasteiger partial charge in [0.15, 0.2) is 0 Å². The van der Waals surface area contributed by atoms with Gasteiger partial charge in [0, 0.05) is 6.54 Å². The zero-order chi connectivity index (χ0) is 10.6. The highest BCUT2D eigenvalue weighted by Gasteiger charge is 2.37. The summed E-state index contributed by atoms with van der Waals surface area (Å²) in [5.74, 6) is 0. The molecule has 2 saturated heterocycles. The van der Waals surface area contributed by atoms with E-state index in [9.17, 15) is 5.11 Å². The van der Waals surface area contributed by atoms with Crippen LogP contribution in [0.5, 0.6) is 0 Å². The highest BCUT2D eigenvalue weighted by Crippen LogP contribution is 2.26. The van der Waals surface area contributed by atoms with Gasteiger partial charge in [0.25, 0.3) is 0 Å². The highest BCUT2D eigenvalue weighted by atomic mass is 16.3. The van der Waals surface area contributed by atoms with Gasteiger partial charge in [0.05, 0.1) is 12.1 Å². The van der Waals surface area contributed by atoms with Crippen LogP contribution in [0.25, 0.3) is 0 Å². The fourth-order valence-electron chi connectivity index (χ4n) is 3.00. The molecule has 2 heterocycles. The Hall–Kier alpha value is -0.120. The molecular formula is C12H24N2O. The van der Waals surface area contributed by atoms with Gasteiger partial charge in [-0.2, -0.15) is 0 Å². The number of aliphatic hydroxyl groups excluding tert-OH is 1. The van der Waals surface area contributed by atoms with E-state index in [0.717, 1.165) is 19.5 Å². The smallest absolute Gasteiger partial charge is 0.0627 e. The van der Waals surface area contributed by atoms with Gasteiger partial charge >= 0.3 is 0 Å². The van der Waals surface area contributed by atoms with E-state index in [0.29, 0.717) is 6.61 Å². The first-order valence-electron chi connectivity index (χ1n) is 6.44. The molecule has 88 valence electrons. The fourth-order valence-corrected chi connectivity index (χ4v) is 3.00. The lowest BCUT2D eigenvalue weighted by molar-refractivity contribution is 0.0127. The normalized spacial score (nSPS) is 35.0. The number of rotatable bonds is 2. The van der Waals surface area contributed by atoms with Crippen molar-refractivity contribution < 1.29 is 5.11 Å². The average Bonchev–Trinajstić information content (AvgIpc) is 2.59. The van der Waals surface area contributed by atoms with Crippen molar-refractivity contribution in [2.45, 2.75) is 44.1 Å². The number of nitrogens with zero attached hydrogens (tertiary/aromatic N) is 1. The molecule has 2 rings (SSSR count). The van der Waals surface area contributed by atoms with Crippen LogP contribution in [0.2, 0.25) is 0 Å². The second kappa shape index (κ2) is 5.28. The van der Waals surface area contributed by atoms with Crippen molar-refractivity contribution in [2.75, 3.05) is 32.8 Å². The van der Waals surface area contributed by atoms with E-state index < -0.39 is 0 Å². The minimum atomic E-state index is 0.0581. The average molecular weight is 212 g/mol. The summed E-state index contributed by atoms with van der Waals surface area (Å²) in [5.41, 5.74) is 0.0581. The number of piperidine rings is 1. The summed E-state index contributed by atoms with van der Waals surface area (Å²) in [6.45, 7) is 4.78. The van der Waals surface area contributed by atoms with Crippen LogP contribution in [0, 0.1) is 0 Å². The van der Waals surface area contributed by atoms with Gasteiger partial charge < -0.3 is 10.4 Å². The van der Waals surface area contributed by atoms with Crippen molar-refractivity contribution >= 4 is 0 Å². The number of aliphatic hydroxyl groups is 1. The molecule has 0 spiro atoms. The van der Waals surface area contributed by atoms with E-state index in [2.05, 4.69) is 10.2 Å². The molecule has 2 N–H and O–H groups in total. The molecule has 0 saturated carbocycles. The van der Waals surface area contributed by atoms with Crippen molar-refractivity contribution in [1.82, 2.24) is 10.2 Å². The molecule has 0 aromatic carbocycles. The van der Waals surface area contributed by atoms with Crippen LogP contribution >= 0.6 is 0 Å². The van der Waals surface area contributed by atoms with E-state index in [4.69, 9.17) is 0 Å². The van der Waals surface area contributed by atoms with E-state index in [-0.39, 0.29) is 5.54 Å². The molecule has 3 heteroatoms. The van der Waals surface area contributed by atoms with Gasteiger partial charge in [-0.3, -0.25) is 4.90 Å². The lowest BCUT2D eigenvalue weighted by Crippen LogP contribution is -2.60. The summed E-state index contributed by atoms with van der Waals surface area (Å²) in [6, 6.07) is 0. The monoisotopic (exact) mass is 212 g/mol. The van der Waals surface area contributed by atoms with E-state index in [1.165, 1.54) is 45.2 Å². The van der Waals surface area contributed by atoms with Crippen LogP contribution in [0.4, 0.5) is 0 Å². The van der Waals surface area contributed by atoms with E-state index in [1.54, 1.807) is 0 Å². The Morgan fingerprint density at radius 3 is 2.33 bits per heavy atom. The van der Waals surface area contributed by atoms with E-state index in [1.807, 2.05) is 0 Å². The van der Waals surface area contributed by atoms with Crippen molar-refractivity contribution in [3.8, 4) is 0 Å². The minimum absolute atomic E-state index is 0.0581. The fraction of sp³-hybridized carbons (Fsp3) is 1.00. The zero-order valence-electron chi connectivity index (χ0n) is 9.67. The van der Waals surface area contributed by atoms with Crippen LogP contribution in [0.1, 0.15) is 38.5 Å². The van der Waals surface area contributed by atoms with Gasteiger partial charge in [-0.1, -0.05) is 12.8 Å². The quantitative estimate of drug-likeness (QED) is 0.716. The number of hydrogen-bond donors (Lipinski definition) is 2. The van der Waals surface area contributed by atoms with Crippen LogP contribution < -0.4 is 5.32 Å². The van der Waals surface area contributed by atoms with Crippen molar-refractivity contribution in [1.29, 1.82) is 0 Å². The molecule has 15 heavy (non-hydrogen) atoms. The van der Waals surface area contributed by atoms with Crippen LogP contribution in [-0.2, 0) is 0 Å². The maximum atomic E-state index is 9.70. The molecule has 1 atom stereocenters. The van der Waals surface area contributed by atoms with Crippen molar-refractivity contribution in [3.05, 3.63) is 0 Å². The Labute approximate surface area is 92.8 Å². The Morgan fingerprint density at radius 2 is 1.80 bits per heavy atom. The standard InChI is InChI=1S/C12H24N2O/c15-11-12(6-5-7-13-10-12)14-8-3-1-2-4-9-14/h13,15H,1-11H2. The number of hydrogen-bond acceptors (Lipinski definition) is 3. The van der Waals surface area contributed by atoms with Crippen LogP contribution in [0.3, 0.4) is 0 Å². The first-order chi connectivity index (χ1) is 7.37. The van der Waals surface area contributed by atoms with Gasteiger partial charge in [-0.05, 0) is 45.3 Å². The van der Waals surface area contributed by atoms with Crippen molar-refractivity contribution in [3.63, 3.8) is 0 Å². The predicted octanol–water partition coefficient (Wildman–Crippen LogP) is 0.977. The van der Waals surface area contributed by atoms with Crippen LogP contribution in [0.15, 0.2) is 0 Å². The van der Waals surface area contributed by atoms with Crippen LogP contribution in [-0.4, -0.2) is 48.3 Å². The molecule has 0 amide bonds. The maximum absolute atomic E-state index is 9.70. The Balaban J connectivity index is 2.01. The van der Waals surface area contributed by atoms with Gasteiger partial charge in [0.2, 0.25) is 0 Å². The largest absolute Gasteiger partial charge is 0.394 e. The topological polar surface area (TPSA) is 35.5 Å². The summed E-state index contributed by atoms with van der Waals surface area (Å²) in [6.07, 6.45) is 7.72. The summed E-state index contributed by atoms with van der Waals surface area (Å²) < 4.78 is 0. The van der Waals surface area contributed by atoms with Crippen molar-refractivity contribution in [2.24, 2.45) is 0 Å². The lowest BCUT2D eigenvalue weighted by atomic mass is 9.88. The summed E-state index contributed by atoms with van der Waals surface area (Å²) >= 11 is 0. The third kappa shape index (κ3) is 2.52. The van der Waals surface area contributed by atoms with Gasteiger partial charge in [0.1, 0.15) is 0 Å². The van der Waals surface area contributed by atoms with E-state index >= 15 is 0 Å². The molecule has 0 aliphatic carbocycles. The minimum Gasteiger partial charge on any atom is -0.394 e. The maximum Gasteiger partial charge on any atom is 0.0627 e. The molecule has 2 aliphatic heterocycles. The Kier molecular flexibility index (Phi) is 4.00. The molecule has 1 unspecified atom stereocenters. The molecule has 0 aromatic heterocycles. The third-order valence-corrected chi connectivity index (χ3v) is 4.02. The second-order valence-electron chi connectivity index (χ2n) is 5.06. The summed E-state index contributed by atoms with van der Waals surface area (Å²) in [5, 5.41) is 13.1. The SMILES string of the molecule is OCC1(N2CCCCCC2)CCCNC1. The molecular weight excluding hydrogens is 188 g/mol. The Morgan fingerprint density at radius 1 is 1.07 bits per heavy atom. The predicted molar refractivity (Wildman–Crippen MR) is 62.0 cm³/mol. The number of nitrogens with one attached hydrogen (secondary N) is 1. The number of likely N-dealkylation sites (tertiary alicyclic amines) is 1. The van der Waals surface area contributed by atoms with Gasteiger partial charge in [-0.25, -0.2) is 0 Å².